The van der Waals surface area contributed by atoms with Gasteiger partial charge in [-0.3, -0.25) is 0 Å². The van der Waals surface area contributed by atoms with Gasteiger partial charge in [-0.1, -0.05) is 15.9 Å². The smallest absolute Gasteiger partial charge is 0.140 e. The molecule has 3 nitrogen and oxygen atoms in total. The number of halogens is 2. The van der Waals surface area contributed by atoms with Gasteiger partial charge in [-0.15, -0.1) is 0 Å². The summed E-state index contributed by atoms with van der Waals surface area (Å²) in [6, 6.07) is 3.61. The van der Waals surface area contributed by atoms with Crippen molar-refractivity contribution in [2.75, 3.05) is 26.2 Å². The topological polar surface area (TPSA) is 27.7 Å². The molecule has 0 atom stereocenters. The third kappa shape index (κ3) is 3.28. The van der Waals surface area contributed by atoms with Gasteiger partial charge < -0.3 is 14.2 Å². The summed E-state index contributed by atoms with van der Waals surface area (Å²) in [7, 11) is 3.21. The van der Waals surface area contributed by atoms with Crippen LogP contribution in [0, 0.1) is 0 Å². The molecule has 0 fully saturated rings. The van der Waals surface area contributed by atoms with Crippen molar-refractivity contribution in [2.24, 2.45) is 0 Å². The fourth-order valence-corrected chi connectivity index (χ4v) is 1.74. The molecule has 0 radical (unpaired) electrons. The van der Waals surface area contributed by atoms with Crippen LogP contribution >= 0.6 is 31.9 Å². The van der Waals surface area contributed by atoms with E-state index in [1.165, 1.54) is 0 Å². The molecule has 0 spiro atoms. The lowest BCUT2D eigenvalue weighted by Crippen LogP contribution is -2.00. The Morgan fingerprint density at radius 1 is 1.13 bits per heavy atom. The standard InChI is InChI=1S/C10H12Br2O3/c1-13-7-5-8(14-2)10(12)9(6-7)15-4-3-11/h5-6H,3-4H2,1-2H3. The molecule has 1 aromatic carbocycles. The largest absolute Gasteiger partial charge is 0.496 e. The van der Waals surface area contributed by atoms with E-state index >= 15 is 0 Å². The SMILES string of the molecule is COc1cc(OC)c(Br)c(OCCBr)c1. The van der Waals surface area contributed by atoms with Crippen LogP contribution in [0.4, 0.5) is 0 Å². The highest BCUT2D eigenvalue weighted by Crippen LogP contribution is 2.38. The Hall–Kier alpha value is -0.420. The Labute approximate surface area is 106 Å². The Bertz CT molecular complexity index is 329. The summed E-state index contributed by atoms with van der Waals surface area (Å²) in [4.78, 5) is 0. The minimum absolute atomic E-state index is 0.592. The van der Waals surface area contributed by atoms with E-state index in [2.05, 4.69) is 31.9 Å². The highest BCUT2D eigenvalue weighted by Gasteiger charge is 2.10. The van der Waals surface area contributed by atoms with Crippen molar-refractivity contribution >= 4 is 31.9 Å². The van der Waals surface area contributed by atoms with Crippen molar-refractivity contribution in [2.45, 2.75) is 0 Å². The Morgan fingerprint density at radius 2 is 1.80 bits per heavy atom. The number of ether oxygens (including phenoxy) is 3. The normalized spacial score (nSPS) is 9.87. The number of alkyl halides is 1. The molecule has 5 heteroatoms. The first kappa shape index (κ1) is 12.6. The Kier molecular flexibility index (Phi) is 5.25. The first-order valence-corrected chi connectivity index (χ1v) is 6.24. The maximum Gasteiger partial charge on any atom is 0.140 e. The maximum absolute atomic E-state index is 5.52. The zero-order valence-corrected chi connectivity index (χ0v) is 11.7. The van der Waals surface area contributed by atoms with E-state index in [0.717, 1.165) is 9.80 Å². The number of rotatable bonds is 5. The van der Waals surface area contributed by atoms with Gasteiger partial charge in [0.25, 0.3) is 0 Å². The van der Waals surface area contributed by atoms with E-state index in [9.17, 15) is 0 Å². The van der Waals surface area contributed by atoms with Gasteiger partial charge in [-0.05, 0) is 15.9 Å². The summed E-state index contributed by atoms with van der Waals surface area (Å²) >= 11 is 6.71. The second kappa shape index (κ2) is 6.23. The van der Waals surface area contributed by atoms with Crippen molar-refractivity contribution < 1.29 is 14.2 Å². The molecule has 84 valence electrons. The highest BCUT2D eigenvalue weighted by molar-refractivity contribution is 9.10. The van der Waals surface area contributed by atoms with E-state index < -0.39 is 0 Å². The summed E-state index contributed by atoms with van der Waals surface area (Å²) in [5.74, 6) is 2.11. The van der Waals surface area contributed by atoms with E-state index in [1.54, 1.807) is 20.3 Å². The maximum atomic E-state index is 5.52. The van der Waals surface area contributed by atoms with Crippen LogP contribution in [0.5, 0.6) is 17.2 Å². The van der Waals surface area contributed by atoms with Crippen LogP contribution in [0.1, 0.15) is 0 Å². The predicted octanol–water partition coefficient (Wildman–Crippen LogP) is 3.24. The quantitative estimate of drug-likeness (QED) is 0.771. The monoisotopic (exact) mass is 338 g/mol. The Balaban J connectivity index is 3.01. The van der Waals surface area contributed by atoms with E-state index in [0.29, 0.717) is 23.9 Å². The average Bonchev–Trinajstić information content (AvgIpc) is 2.27. The zero-order chi connectivity index (χ0) is 11.3. The molecular weight excluding hydrogens is 328 g/mol. The van der Waals surface area contributed by atoms with Crippen LogP contribution in [0.25, 0.3) is 0 Å². The van der Waals surface area contributed by atoms with Crippen molar-refractivity contribution in [1.29, 1.82) is 0 Å². The summed E-state index contributed by atoms with van der Waals surface area (Å²) in [5.41, 5.74) is 0. The minimum Gasteiger partial charge on any atom is -0.496 e. The van der Waals surface area contributed by atoms with Crippen LogP contribution < -0.4 is 14.2 Å². The number of benzene rings is 1. The van der Waals surface area contributed by atoms with Crippen molar-refractivity contribution in [3.8, 4) is 17.2 Å². The molecule has 1 rings (SSSR count). The van der Waals surface area contributed by atoms with Crippen molar-refractivity contribution in [1.82, 2.24) is 0 Å². The predicted molar refractivity (Wildman–Crippen MR) is 66.5 cm³/mol. The molecule has 0 aliphatic heterocycles. The van der Waals surface area contributed by atoms with Gasteiger partial charge >= 0.3 is 0 Å². The second-order valence-corrected chi connectivity index (χ2v) is 4.27. The van der Waals surface area contributed by atoms with Crippen LogP contribution in [0.2, 0.25) is 0 Å². The van der Waals surface area contributed by atoms with Crippen LogP contribution in [-0.4, -0.2) is 26.2 Å². The van der Waals surface area contributed by atoms with Crippen LogP contribution in [0.15, 0.2) is 16.6 Å². The summed E-state index contributed by atoms with van der Waals surface area (Å²) in [5, 5.41) is 0.777. The number of hydrogen-bond acceptors (Lipinski definition) is 3. The molecule has 0 aromatic heterocycles. The first-order chi connectivity index (χ1) is 7.22. The second-order valence-electron chi connectivity index (χ2n) is 2.68. The van der Waals surface area contributed by atoms with E-state index in [4.69, 9.17) is 14.2 Å². The van der Waals surface area contributed by atoms with Gasteiger partial charge in [0.15, 0.2) is 0 Å². The molecule has 0 saturated carbocycles. The third-order valence-corrected chi connectivity index (χ3v) is 2.88. The molecule has 0 saturated heterocycles. The summed E-state index contributed by atoms with van der Waals surface area (Å²) < 4.78 is 16.6. The average molecular weight is 340 g/mol. The van der Waals surface area contributed by atoms with Gasteiger partial charge in [0, 0.05) is 17.5 Å². The number of hydrogen-bond donors (Lipinski definition) is 0. The lowest BCUT2D eigenvalue weighted by Gasteiger charge is -2.12. The van der Waals surface area contributed by atoms with Crippen molar-refractivity contribution in [3.63, 3.8) is 0 Å². The van der Waals surface area contributed by atoms with Crippen molar-refractivity contribution in [3.05, 3.63) is 16.6 Å². The molecular formula is C10H12Br2O3. The van der Waals surface area contributed by atoms with Crippen LogP contribution in [-0.2, 0) is 0 Å². The molecule has 0 aliphatic carbocycles. The lowest BCUT2D eigenvalue weighted by molar-refractivity contribution is 0.331. The number of methoxy groups -OCH3 is 2. The molecule has 0 heterocycles. The Morgan fingerprint density at radius 3 is 2.33 bits per heavy atom. The molecule has 0 aliphatic rings. The molecule has 0 N–H and O–H groups in total. The fourth-order valence-electron chi connectivity index (χ4n) is 1.07. The third-order valence-electron chi connectivity index (χ3n) is 1.77. The fraction of sp³-hybridized carbons (Fsp3) is 0.400. The minimum atomic E-state index is 0.592. The van der Waals surface area contributed by atoms with Crippen LogP contribution in [0.3, 0.4) is 0 Å². The van der Waals surface area contributed by atoms with Gasteiger partial charge in [0.2, 0.25) is 0 Å². The molecule has 0 amide bonds. The summed E-state index contributed by atoms with van der Waals surface area (Å²) in [6.45, 7) is 0.592. The van der Waals surface area contributed by atoms with Gasteiger partial charge in [0.05, 0.1) is 20.8 Å². The molecule has 0 unspecified atom stereocenters. The zero-order valence-electron chi connectivity index (χ0n) is 8.55. The first-order valence-electron chi connectivity index (χ1n) is 4.33. The van der Waals surface area contributed by atoms with Gasteiger partial charge in [-0.25, -0.2) is 0 Å². The lowest BCUT2D eigenvalue weighted by atomic mass is 10.3. The van der Waals surface area contributed by atoms with E-state index in [-0.39, 0.29) is 0 Å². The van der Waals surface area contributed by atoms with Gasteiger partial charge in [0.1, 0.15) is 21.7 Å². The molecule has 15 heavy (non-hydrogen) atoms. The summed E-state index contributed by atoms with van der Waals surface area (Å²) in [6.07, 6.45) is 0. The van der Waals surface area contributed by atoms with Gasteiger partial charge in [-0.2, -0.15) is 0 Å². The highest BCUT2D eigenvalue weighted by atomic mass is 79.9. The molecule has 0 bridgehead atoms. The molecule has 1 aromatic rings. The van der Waals surface area contributed by atoms with E-state index in [1.807, 2.05) is 6.07 Å².